The fourth-order valence-corrected chi connectivity index (χ4v) is 1.89. The number of carboxylic acids is 1. The van der Waals surface area contributed by atoms with Crippen LogP contribution in [0.5, 0.6) is 0 Å². The van der Waals surface area contributed by atoms with Crippen LogP contribution in [-0.2, 0) is 0 Å². The van der Waals surface area contributed by atoms with Crippen LogP contribution in [0.1, 0.15) is 10.4 Å². The predicted molar refractivity (Wildman–Crippen MR) is 61.8 cm³/mol. The number of benzene rings is 1. The van der Waals surface area contributed by atoms with Gasteiger partial charge in [0.2, 0.25) is 0 Å². The van der Waals surface area contributed by atoms with E-state index in [2.05, 4.69) is 9.97 Å². The minimum absolute atomic E-state index is 0.0524. The first-order chi connectivity index (χ1) is 8.59. The van der Waals surface area contributed by atoms with Crippen LogP contribution >= 0.6 is 0 Å². The third-order valence-corrected chi connectivity index (χ3v) is 2.71. The number of carboxylic acid groups (broad SMARTS) is 1. The summed E-state index contributed by atoms with van der Waals surface area (Å²) in [5, 5.41) is 8.89. The van der Waals surface area contributed by atoms with E-state index >= 15 is 0 Å². The normalized spacial score (nSPS) is 11.2. The zero-order valence-corrected chi connectivity index (χ0v) is 8.96. The molecule has 0 bridgehead atoms. The van der Waals surface area contributed by atoms with Gasteiger partial charge in [0.1, 0.15) is 16.9 Å². The molecule has 0 saturated heterocycles. The van der Waals surface area contributed by atoms with Crippen LogP contribution in [0.4, 0.5) is 10.2 Å². The summed E-state index contributed by atoms with van der Waals surface area (Å²) < 4.78 is 15.5. The number of aromatic carboxylic acids is 1. The topological polar surface area (TPSA) is 93.5 Å². The molecule has 0 aliphatic carbocycles. The maximum absolute atomic E-state index is 14.1. The van der Waals surface area contributed by atoms with Gasteiger partial charge in [0, 0.05) is 0 Å². The largest absolute Gasteiger partial charge is 0.478 e. The zero-order chi connectivity index (χ0) is 12.9. The SMILES string of the molecule is Nc1nc2ccc(C(=O)O)c(F)c2n2cncc12. The molecule has 3 N–H and O–H groups in total. The molecule has 90 valence electrons. The van der Waals surface area contributed by atoms with Crippen LogP contribution in [0.3, 0.4) is 0 Å². The average Bonchev–Trinajstić information content (AvgIpc) is 2.78. The number of hydrogen-bond acceptors (Lipinski definition) is 4. The van der Waals surface area contributed by atoms with Crippen LogP contribution < -0.4 is 5.73 Å². The quantitative estimate of drug-likeness (QED) is 0.675. The molecule has 2 heterocycles. The molecule has 0 aliphatic rings. The van der Waals surface area contributed by atoms with E-state index in [-0.39, 0.29) is 16.9 Å². The third kappa shape index (κ3) is 1.24. The van der Waals surface area contributed by atoms with Crippen molar-refractivity contribution in [3.8, 4) is 0 Å². The Morgan fingerprint density at radius 2 is 2.22 bits per heavy atom. The summed E-state index contributed by atoms with van der Waals surface area (Å²) in [6.45, 7) is 0. The standard InChI is InChI=1S/C11H7FN4O2/c12-8-5(11(17)18)1-2-6-9(8)16-4-14-3-7(16)10(13)15-6/h1-4H,(H2,13,15)(H,17,18). The molecule has 3 rings (SSSR count). The van der Waals surface area contributed by atoms with Crippen molar-refractivity contribution in [2.75, 3.05) is 5.73 Å². The molecular weight excluding hydrogens is 239 g/mol. The van der Waals surface area contributed by atoms with Crippen molar-refractivity contribution in [1.29, 1.82) is 0 Å². The molecule has 0 saturated carbocycles. The van der Waals surface area contributed by atoms with E-state index in [0.29, 0.717) is 5.52 Å². The van der Waals surface area contributed by atoms with Crippen molar-refractivity contribution in [1.82, 2.24) is 14.4 Å². The van der Waals surface area contributed by atoms with Crippen molar-refractivity contribution in [3.63, 3.8) is 0 Å². The monoisotopic (exact) mass is 246 g/mol. The molecule has 0 spiro atoms. The Kier molecular flexibility index (Phi) is 1.97. The van der Waals surface area contributed by atoms with Gasteiger partial charge in [-0.2, -0.15) is 0 Å². The highest BCUT2D eigenvalue weighted by atomic mass is 19.1. The highest BCUT2D eigenvalue weighted by Gasteiger charge is 2.17. The Morgan fingerprint density at radius 3 is 2.94 bits per heavy atom. The molecule has 2 aromatic heterocycles. The summed E-state index contributed by atoms with van der Waals surface area (Å²) in [7, 11) is 0. The molecule has 0 amide bonds. The Bertz CT molecular complexity index is 796. The van der Waals surface area contributed by atoms with E-state index in [1.54, 1.807) is 0 Å². The number of carbonyl (C=O) groups is 1. The fourth-order valence-electron chi connectivity index (χ4n) is 1.89. The van der Waals surface area contributed by atoms with Gasteiger partial charge in [-0.1, -0.05) is 0 Å². The van der Waals surface area contributed by atoms with Gasteiger partial charge in [-0.3, -0.25) is 4.40 Å². The summed E-state index contributed by atoms with van der Waals surface area (Å²) in [4.78, 5) is 18.8. The molecule has 1 aromatic carbocycles. The van der Waals surface area contributed by atoms with Gasteiger partial charge in [0.25, 0.3) is 0 Å². The molecule has 6 nitrogen and oxygen atoms in total. The van der Waals surface area contributed by atoms with Gasteiger partial charge in [-0.15, -0.1) is 0 Å². The van der Waals surface area contributed by atoms with E-state index in [9.17, 15) is 9.18 Å². The van der Waals surface area contributed by atoms with E-state index in [4.69, 9.17) is 10.8 Å². The smallest absolute Gasteiger partial charge is 0.338 e. The highest BCUT2D eigenvalue weighted by Crippen LogP contribution is 2.24. The lowest BCUT2D eigenvalue weighted by Gasteiger charge is -2.07. The lowest BCUT2D eigenvalue weighted by Crippen LogP contribution is -2.05. The average molecular weight is 246 g/mol. The summed E-state index contributed by atoms with van der Waals surface area (Å²) in [5.74, 6) is -1.97. The van der Waals surface area contributed by atoms with Crippen LogP contribution in [0.25, 0.3) is 16.6 Å². The maximum atomic E-state index is 14.1. The molecule has 0 radical (unpaired) electrons. The Morgan fingerprint density at radius 1 is 1.44 bits per heavy atom. The van der Waals surface area contributed by atoms with Gasteiger partial charge in [-0.05, 0) is 12.1 Å². The number of nitrogens with zero attached hydrogens (tertiary/aromatic N) is 3. The van der Waals surface area contributed by atoms with Gasteiger partial charge in [0.05, 0.1) is 23.6 Å². The van der Waals surface area contributed by atoms with Crippen LogP contribution in [-0.4, -0.2) is 25.4 Å². The van der Waals surface area contributed by atoms with Crippen molar-refractivity contribution in [3.05, 3.63) is 36.0 Å². The van der Waals surface area contributed by atoms with Crippen molar-refractivity contribution in [2.24, 2.45) is 0 Å². The molecule has 3 aromatic rings. The Labute approximate surface area is 99.5 Å². The molecule has 0 aliphatic heterocycles. The van der Waals surface area contributed by atoms with Crippen molar-refractivity contribution in [2.45, 2.75) is 0 Å². The third-order valence-electron chi connectivity index (χ3n) is 2.71. The summed E-state index contributed by atoms with van der Waals surface area (Å²) in [5.41, 5.74) is 6.06. The lowest BCUT2D eigenvalue weighted by molar-refractivity contribution is 0.0692. The molecule has 7 heteroatoms. The second kappa shape index (κ2) is 3.39. The number of anilines is 1. The zero-order valence-electron chi connectivity index (χ0n) is 8.96. The Hall–Kier alpha value is -2.70. The first-order valence-electron chi connectivity index (χ1n) is 5.02. The first kappa shape index (κ1) is 10.5. The maximum Gasteiger partial charge on any atom is 0.338 e. The van der Waals surface area contributed by atoms with Crippen LogP contribution in [0, 0.1) is 5.82 Å². The minimum Gasteiger partial charge on any atom is -0.478 e. The van der Waals surface area contributed by atoms with Gasteiger partial charge >= 0.3 is 5.97 Å². The molecular formula is C11H7FN4O2. The number of nitrogens with two attached hydrogens (primary N) is 1. The number of halogens is 1. The van der Waals surface area contributed by atoms with Gasteiger partial charge < -0.3 is 10.8 Å². The van der Waals surface area contributed by atoms with Crippen molar-refractivity contribution >= 4 is 28.3 Å². The molecule has 0 atom stereocenters. The number of imidazole rings is 1. The summed E-state index contributed by atoms with van der Waals surface area (Å²) in [6, 6.07) is 2.58. The molecule has 0 fully saturated rings. The number of fused-ring (bicyclic) bond motifs is 3. The van der Waals surface area contributed by atoms with E-state index in [0.717, 1.165) is 6.07 Å². The molecule has 18 heavy (non-hydrogen) atoms. The first-order valence-corrected chi connectivity index (χ1v) is 5.02. The van der Waals surface area contributed by atoms with Crippen LogP contribution in [0.15, 0.2) is 24.7 Å². The number of hydrogen-bond donors (Lipinski definition) is 2. The lowest BCUT2D eigenvalue weighted by atomic mass is 10.1. The summed E-state index contributed by atoms with van der Waals surface area (Å²) >= 11 is 0. The number of nitrogen functional groups attached to an aromatic ring is 1. The van der Waals surface area contributed by atoms with Crippen molar-refractivity contribution < 1.29 is 14.3 Å². The number of rotatable bonds is 1. The molecule has 0 unspecified atom stereocenters. The minimum atomic E-state index is -1.33. The predicted octanol–water partition coefficient (Wildman–Crippen LogP) is 1.30. The number of aromatic nitrogens is 3. The van der Waals surface area contributed by atoms with E-state index < -0.39 is 17.3 Å². The Balaban J connectivity index is 2.57. The second-order valence-corrected chi connectivity index (χ2v) is 3.75. The van der Waals surface area contributed by atoms with E-state index in [1.807, 2.05) is 0 Å². The van der Waals surface area contributed by atoms with Gasteiger partial charge in [0.15, 0.2) is 5.82 Å². The van der Waals surface area contributed by atoms with Gasteiger partial charge in [-0.25, -0.2) is 19.2 Å². The van der Waals surface area contributed by atoms with E-state index in [1.165, 1.54) is 23.0 Å². The summed E-state index contributed by atoms with van der Waals surface area (Å²) in [6.07, 6.45) is 2.80. The van der Waals surface area contributed by atoms with Crippen LogP contribution in [0.2, 0.25) is 0 Å². The second-order valence-electron chi connectivity index (χ2n) is 3.75. The fraction of sp³-hybridized carbons (Fsp3) is 0. The highest BCUT2D eigenvalue weighted by molar-refractivity contribution is 5.94.